The maximum absolute atomic E-state index is 11.8. The second-order valence-corrected chi connectivity index (χ2v) is 5.84. The van der Waals surface area contributed by atoms with Gasteiger partial charge in [-0.1, -0.05) is 33.6 Å². The SMILES string of the molecule is CCCCNC(=O)C(=O)NCCC(CC)NC(=O)C(=O)NCCCC. The Morgan fingerprint density at radius 3 is 1.56 bits per heavy atom. The molecule has 0 aliphatic heterocycles. The number of hydrogen-bond acceptors (Lipinski definition) is 4. The quantitative estimate of drug-likeness (QED) is 0.313. The number of carbonyl (C=O) groups is 4. The number of hydrogen-bond donors (Lipinski definition) is 4. The average molecular weight is 356 g/mol. The first-order valence-electron chi connectivity index (χ1n) is 9.10. The van der Waals surface area contributed by atoms with Gasteiger partial charge < -0.3 is 21.3 Å². The smallest absolute Gasteiger partial charge is 0.309 e. The van der Waals surface area contributed by atoms with Gasteiger partial charge in [-0.3, -0.25) is 19.2 Å². The lowest BCUT2D eigenvalue weighted by Gasteiger charge is -2.17. The number of unbranched alkanes of at least 4 members (excludes halogenated alkanes) is 2. The zero-order valence-electron chi connectivity index (χ0n) is 15.6. The molecule has 8 heteroatoms. The molecule has 0 aliphatic rings. The molecule has 25 heavy (non-hydrogen) atoms. The van der Waals surface area contributed by atoms with Gasteiger partial charge in [0.1, 0.15) is 0 Å². The molecule has 4 N–H and O–H groups in total. The van der Waals surface area contributed by atoms with Crippen molar-refractivity contribution in [2.75, 3.05) is 19.6 Å². The predicted octanol–water partition coefficient (Wildman–Crippen LogP) is 0.220. The molecule has 0 radical (unpaired) electrons. The van der Waals surface area contributed by atoms with Gasteiger partial charge in [0.15, 0.2) is 0 Å². The molecule has 0 fully saturated rings. The van der Waals surface area contributed by atoms with Gasteiger partial charge >= 0.3 is 23.6 Å². The van der Waals surface area contributed by atoms with Crippen LogP contribution in [0.4, 0.5) is 0 Å². The molecule has 8 nitrogen and oxygen atoms in total. The highest BCUT2D eigenvalue weighted by Gasteiger charge is 2.18. The molecule has 0 bridgehead atoms. The Morgan fingerprint density at radius 1 is 0.680 bits per heavy atom. The highest BCUT2D eigenvalue weighted by Crippen LogP contribution is 1.96. The lowest BCUT2D eigenvalue weighted by molar-refractivity contribution is -0.139. The summed E-state index contributed by atoms with van der Waals surface area (Å²) in [6.45, 7) is 7.06. The summed E-state index contributed by atoms with van der Waals surface area (Å²) in [5.74, 6) is -2.66. The van der Waals surface area contributed by atoms with E-state index < -0.39 is 23.6 Å². The summed E-state index contributed by atoms with van der Waals surface area (Å²) in [5.41, 5.74) is 0. The number of nitrogens with one attached hydrogen (secondary N) is 4. The molecule has 0 spiro atoms. The van der Waals surface area contributed by atoms with Crippen molar-refractivity contribution < 1.29 is 19.2 Å². The fourth-order valence-electron chi connectivity index (χ4n) is 1.99. The molecule has 0 aromatic heterocycles. The number of rotatable bonds is 11. The molecule has 4 amide bonds. The fourth-order valence-corrected chi connectivity index (χ4v) is 1.99. The van der Waals surface area contributed by atoms with Crippen LogP contribution in [0.15, 0.2) is 0 Å². The Kier molecular flexibility index (Phi) is 13.0. The van der Waals surface area contributed by atoms with E-state index in [-0.39, 0.29) is 12.6 Å². The first-order valence-corrected chi connectivity index (χ1v) is 9.10. The Labute approximate surface area is 149 Å². The second kappa shape index (κ2) is 14.2. The van der Waals surface area contributed by atoms with E-state index in [1.54, 1.807) is 0 Å². The monoisotopic (exact) mass is 356 g/mol. The minimum atomic E-state index is -0.686. The summed E-state index contributed by atoms with van der Waals surface area (Å²) in [6, 6.07) is -0.243. The maximum atomic E-state index is 11.8. The highest BCUT2D eigenvalue weighted by molar-refractivity contribution is 6.35. The third-order valence-electron chi connectivity index (χ3n) is 3.65. The van der Waals surface area contributed by atoms with Crippen molar-refractivity contribution in [3.8, 4) is 0 Å². The largest absolute Gasteiger partial charge is 0.348 e. The molecule has 0 aromatic rings. The lowest BCUT2D eigenvalue weighted by atomic mass is 10.1. The van der Waals surface area contributed by atoms with Crippen LogP contribution in [0.25, 0.3) is 0 Å². The van der Waals surface area contributed by atoms with E-state index in [0.29, 0.717) is 25.9 Å². The van der Waals surface area contributed by atoms with Gasteiger partial charge in [-0.15, -0.1) is 0 Å². The summed E-state index contributed by atoms with van der Waals surface area (Å²) in [4.78, 5) is 46.5. The maximum Gasteiger partial charge on any atom is 0.309 e. The van der Waals surface area contributed by atoms with Crippen molar-refractivity contribution in [2.24, 2.45) is 0 Å². The molecule has 1 atom stereocenters. The summed E-state index contributed by atoms with van der Waals surface area (Å²) >= 11 is 0. The molecule has 1 unspecified atom stereocenters. The summed E-state index contributed by atoms with van der Waals surface area (Å²) in [7, 11) is 0. The van der Waals surface area contributed by atoms with E-state index >= 15 is 0 Å². The van der Waals surface area contributed by atoms with E-state index in [1.807, 2.05) is 20.8 Å². The Balaban J connectivity index is 4.08. The van der Waals surface area contributed by atoms with Crippen LogP contribution in [0.1, 0.15) is 59.3 Å². The average Bonchev–Trinajstić information content (AvgIpc) is 2.60. The Hall–Kier alpha value is -2.12. The standard InChI is InChI=1S/C17H32N4O4/c1-4-7-10-18-14(22)15(23)20-12-9-13(6-3)21-17(25)16(24)19-11-8-5-2/h13H,4-12H2,1-3H3,(H,18,22)(H,19,24)(H,20,23)(H,21,25). The Morgan fingerprint density at radius 2 is 1.12 bits per heavy atom. The van der Waals surface area contributed by atoms with Crippen LogP contribution >= 0.6 is 0 Å². The zero-order chi connectivity index (χ0) is 19.1. The van der Waals surface area contributed by atoms with Crippen molar-refractivity contribution in [3.63, 3.8) is 0 Å². The van der Waals surface area contributed by atoms with Crippen molar-refractivity contribution in [3.05, 3.63) is 0 Å². The van der Waals surface area contributed by atoms with Gasteiger partial charge in [-0.25, -0.2) is 0 Å². The van der Waals surface area contributed by atoms with Crippen LogP contribution in [-0.2, 0) is 19.2 Å². The van der Waals surface area contributed by atoms with E-state index in [0.717, 1.165) is 25.7 Å². The van der Waals surface area contributed by atoms with Gasteiger partial charge in [0.2, 0.25) is 0 Å². The predicted molar refractivity (Wildman–Crippen MR) is 95.7 cm³/mol. The molecule has 0 rings (SSSR count). The van der Waals surface area contributed by atoms with Gasteiger partial charge in [0, 0.05) is 25.7 Å². The minimum Gasteiger partial charge on any atom is -0.348 e. The summed E-state index contributed by atoms with van der Waals surface area (Å²) in [5, 5.41) is 10.2. The van der Waals surface area contributed by atoms with Gasteiger partial charge in [0.25, 0.3) is 0 Å². The van der Waals surface area contributed by atoms with E-state index in [4.69, 9.17) is 0 Å². The van der Waals surface area contributed by atoms with E-state index in [1.165, 1.54) is 0 Å². The molecule has 0 aliphatic carbocycles. The Bertz CT molecular complexity index is 440. The zero-order valence-corrected chi connectivity index (χ0v) is 15.6. The number of carbonyl (C=O) groups excluding carboxylic acids is 4. The van der Waals surface area contributed by atoms with E-state index in [9.17, 15) is 19.2 Å². The summed E-state index contributed by atoms with van der Waals surface area (Å²) in [6.07, 6.45) is 4.58. The number of amides is 4. The van der Waals surface area contributed by atoms with Crippen molar-refractivity contribution >= 4 is 23.6 Å². The van der Waals surface area contributed by atoms with Crippen LogP contribution in [0.2, 0.25) is 0 Å². The van der Waals surface area contributed by atoms with Crippen molar-refractivity contribution in [1.82, 2.24) is 21.3 Å². The van der Waals surface area contributed by atoms with Gasteiger partial charge in [-0.2, -0.15) is 0 Å². The minimum absolute atomic E-state index is 0.243. The third-order valence-corrected chi connectivity index (χ3v) is 3.65. The van der Waals surface area contributed by atoms with Crippen LogP contribution in [0.5, 0.6) is 0 Å². The second-order valence-electron chi connectivity index (χ2n) is 5.84. The molecule has 144 valence electrons. The topological polar surface area (TPSA) is 116 Å². The normalized spacial score (nSPS) is 11.3. The van der Waals surface area contributed by atoms with Crippen LogP contribution < -0.4 is 21.3 Å². The molecule has 0 aromatic carbocycles. The molecule has 0 saturated heterocycles. The van der Waals surface area contributed by atoms with Crippen LogP contribution in [0, 0.1) is 0 Å². The summed E-state index contributed by atoms with van der Waals surface area (Å²) < 4.78 is 0. The lowest BCUT2D eigenvalue weighted by Crippen LogP contribution is -2.46. The van der Waals surface area contributed by atoms with Crippen molar-refractivity contribution in [1.29, 1.82) is 0 Å². The van der Waals surface area contributed by atoms with Gasteiger partial charge in [-0.05, 0) is 25.7 Å². The highest BCUT2D eigenvalue weighted by atomic mass is 16.2. The first-order chi connectivity index (χ1) is 12.0. The van der Waals surface area contributed by atoms with E-state index in [2.05, 4.69) is 21.3 Å². The van der Waals surface area contributed by atoms with Crippen LogP contribution in [-0.4, -0.2) is 49.3 Å². The van der Waals surface area contributed by atoms with Gasteiger partial charge in [0.05, 0.1) is 0 Å². The fraction of sp³-hybridized carbons (Fsp3) is 0.765. The molecular weight excluding hydrogens is 324 g/mol. The molecule has 0 saturated carbocycles. The molecule has 0 heterocycles. The third kappa shape index (κ3) is 11.1. The van der Waals surface area contributed by atoms with Crippen molar-refractivity contribution in [2.45, 2.75) is 65.3 Å². The molecular formula is C17H32N4O4. The first kappa shape index (κ1) is 22.9. The van der Waals surface area contributed by atoms with Crippen LogP contribution in [0.3, 0.4) is 0 Å².